The number of anilines is 2. The van der Waals surface area contributed by atoms with Gasteiger partial charge in [0.05, 0.1) is 11.3 Å². The first-order chi connectivity index (χ1) is 8.59. The van der Waals surface area contributed by atoms with Crippen LogP contribution in [0.3, 0.4) is 0 Å². The van der Waals surface area contributed by atoms with Crippen molar-refractivity contribution in [3.05, 3.63) is 51.5 Å². The molecular weight excluding hydrogens is 348 g/mol. The Morgan fingerprint density at radius 2 is 2.06 bits per heavy atom. The molecule has 0 saturated heterocycles. The van der Waals surface area contributed by atoms with E-state index in [1.165, 1.54) is 12.3 Å². The second kappa shape index (κ2) is 5.30. The molecule has 0 atom stereocenters. The van der Waals surface area contributed by atoms with Gasteiger partial charge < -0.3 is 11.1 Å². The van der Waals surface area contributed by atoms with Crippen molar-refractivity contribution in [1.29, 1.82) is 0 Å². The molecule has 0 spiro atoms. The third-order valence-corrected chi connectivity index (χ3v) is 3.22. The normalized spacial score (nSPS) is 10.1. The highest BCUT2D eigenvalue weighted by atomic mass is 127. The van der Waals surface area contributed by atoms with Crippen molar-refractivity contribution < 1.29 is 9.18 Å². The molecule has 4 nitrogen and oxygen atoms in total. The highest BCUT2D eigenvalue weighted by Gasteiger charge is 2.15. The Balaban J connectivity index is 2.28. The number of hydrogen-bond donors (Lipinski definition) is 2. The van der Waals surface area contributed by atoms with Crippen molar-refractivity contribution in [1.82, 2.24) is 4.98 Å². The number of carbonyl (C=O) groups excluding carboxylic acids is 1. The Hall–Kier alpha value is -1.70. The third kappa shape index (κ3) is 2.58. The van der Waals surface area contributed by atoms with E-state index in [1.807, 2.05) is 12.1 Å². The summed E-state index contributed by atoms with van der Waals surface area (Å²) in [6.45, 7) is 0. The number of nitrogens with zero attached hydrogens (tertiary/aromatic N) is 1. The zero-order valence-corrected chi connectivity index (χ0v) is 11.3. The summed E-state index contributed by atoms with van der Waals surface area (Å²) in [6.07, 6.45) is 1.29. The smallest absolute Gasteiger partial charge is 0.258 e. The molecule has 6 heteroatoms. The Morgan fingerprint density at radius 1 is 1.33 bits per heavy atom. The van der Waals surface area contributed by atoms with E-state index in [9.17, 15) is 9.18 Å². The first kappa shape index (κ1) is 12.7. The number of pyridine rings is 1. The Bertz CT molecular complexity index is 604. The predicted molar refractivity (Wildman–Crippen MR) is 75.7 cm³/mol. The highest BCUT2D eigenvalue weighted by molar-refractivity contribution is 14.1. The van der Waals surface area contributed by atoms with Gasteiger partial charge in [-0.25, -0.2) is 9.37 Å². The molecule has 1 aromatic heterocycles. The van der Waals surface area contributed by atoms with Crippen LogP contribution in [0.5, 0.6) is 0 Å². The van der Waals surface area contributed by atoms with Gasteiger partial charge in [0.2, 0.25) is 0 Å². The molecule has 0 aliphatic heterocycles. The van der Waals surface area contributed by atoms with E-state index in [-0.39, 0.29) is 11.4 Å². The van der Waals surface area contributed by atoms with E-state index in [2.05, 4.69) is 32.9 Å². The largest absolute Gasteiger partial charge is 0.381 e. The van der Waals surface area contributed by atoms with E-state index in [0.29, 0.717) is 5.69 Å². The zero-order valence-electron chi connectivity index (χ0n) is 9.15. The monoisotopic (exact) mass is 357 g/mol. The lowest BCUT2D eigenvalue weighted by atomic mass is 10.2. The van der Waals surface area contributed by atoms with Crippen molar-refractivity contribution >= 4 is 40.0 Å². The number of nitrogens with one attached hydrogen (secondary N) is 1. The average molecular weight is 357 g/mol. The average Bonchev–Trinajstić information content (AvgIpc) is 2.35. The summed E-state index contributed by atoms with van der Waals surface area (Å²) in [5, 5.41) is 2.62. The van der Waals surface area contributed by atoms with Gasteiger partial charge in [0.25, 0.3) is 5.91 Å². The van der Waals surface area contributed by atoms with Crippen LogP contribution in [-0.4, -0.2) is 10.9 Å². The van der Waals surface area contributed by atoms with Crippen LogP contribution in [0, 0.1) is 9.39 Å². The highest BCUT2D eigenvalue weighted by Crippen LogP contribution is 2.19. The summed E-state index contributed by atoms with van der Waals surface area (Å²) < 4.78 is 14.5. The minimum atomic E-state index is -0.805. The van der Waals surface area contributed by atoms with Crippen LogP contribution in [-0.2, 0) is 0 Å². The molecule has 0 bridgehead atoms. The lowest BCUT2D eigenvalue weighted by molar-refractivity contribution is 0.102. The molecule has 92 valence electrons. The van der Waals surface area contributed by atoms with E-state index in [1.54, 1.807) is 12.1 Å². The van der Waals surface area contributed by atoms with E-state index < -0.39 is 11.7 Å². The van der Waals surface area contributed by atoms with Crippen molar-refractivity contribution in [3.8, 4) is 0 Å². The molecule has 2 aromatic rings. The molecular formula is C12H9FIN3O. The van der Waals surface area contributed by atoms with E-state index in [0.717, 1.165) is 3.57 Å². The quantitative estimate of drug-likeness (QED) is 0.813. The van der Waals surface area contributed by atoms with Crippen LogP contribution in [0.25, 0.3) is 0 Å². The topological polar surface area (TPSA) is 68.0 Å². The molecule has 0 fully saturated rings. The van der Waals surface area contributed by atoms with Crippen molar-refractivity contribution in [2.45, 2.75) is 0 Å². The molecule has 3 N–H and O–H groups in total. The molecule has 1 amide bonds. The fourth-order valence-corrected chi connectivity index (χ4v) is 1.91. The fourth-order valence-electron chi connectivity index (χ4n) is 1.39. The second-order valence-electron chi connectivity index (χ2n) is 3.49. The van der Waals surface area contributed by atoms with Gasteiger partial charge in [0.15, 0.2) is 11.6 Å². The summed E-state index contributed by atoms with van der Waals surface area (Å²) in [4.78, 5) is 15.5. The summed E-state index contributed by atoms with van der Waals surface area (Å²) in [5.41, 5.74) is 5.81. The lowest BCUT2D eigenvalue weighted by Gasteiger charge is -2.08. The van der Waals surface area contributed by atoms with Crippen LogP contribution in [0.2, 0.25) is 0 Å². The molecule has 0 aliphatic rings. The van der Waals surface area contributed by atoms with Gasteiger partial charge in [0.1, 0.15) is 0 Å². The van der Waals surface area contributed by atoms with E-state index >= 15 is 0 Å². The van der Waals surface area contributed by atoms with Crippen LogP contribution in [0.1, 0.15) is 10.4 Å². The van der Waals surface area contributed by atoms with Crippen LogP contribution in [0.4, 0.5) is 15.9 Å². The number of para-hydroxylation sites is 1. The number of hydrogen-bond acceptors (Lipinski definition) is 3. The second-order valence-corrected chi connectivity index (χ2v) is 4.65. The van der Waals surface area contributed by atoms with Gasteiger partial charge in [-0.2, -0.15) is 0 Å². The van der Waals surface area contributed by atoms with Gasteiger partial charge in [-0.3, -0.25) is 4.79 Å². The fraction of sp³-hybridized carbons (Fsp3) is 0. The van der Waals surface area contributed by atoms with Crippen LogP contribution < -0.4 is 11.1 Å². The van der Waals surface area contributed by atoms with Gasteiger partial charge >= 0.3 is 0 Å². The van der Waals surface area contributed by atoms with Crippen molar-refractivity contribution in [3.63, 3.8) is 0 Å². The number of halogens is 2. The van der Waals surface area contributed by atoms with Gasteiger partial charge in [-0.15, -0.1) is 0 Å². The van der Waals surface area contributed by atoms with E-state index in [4.69, 9.17) is 5.73 Å². The first-order valence-corrected chi connectivity index (χ1v) is 6.13. The number of aromatic nitrogens is 1. The number of benzene rings is 1. The molecule has 0 aliphatic carbocycles. The molecule has 0 unspecified atom stereocenters. The number of nitrogens with two attached hydrogens (primary N) is 1. The maximum absolute atomic E-state index is 13.6. The minimum Gasteiger partial charge on any atom is -0.381 e. The summed E-state index contributed by atoms with van der Waals surface area (Å²) >= 11 is 2.08. The van der Waals surface area contributed by atoms with Crippen molar-refractivity contribution in [2.75, 3.05) is 11.1 Å². The molecule has 0 saturated carbocycles. The molecule has 2 rings (SSSR count). The maximum Gasteiger partial charge on any atom is 0.258 e. The number of nitrogen functional groups attached to an aromatic ring is 1. The van der Waals surface area contributed by atoms with Gasteiger partial charge in [-0.05, 0) is 40.8 Å². The third-order valence-electron chi connectivity index (χ3n) is 2.28. The summed E-state index contributed by atoms with van der Waals surface area (Å²) in [5.74, 6) is -1.64. The van der Waals surface area contributed by atoms with Gasteiger partial charge in [-0.1, -0.05) is 12.1 Å². The minimum absolute atomic E-state index is 0.123. The van der Waals surface area contributed by atoms with Crippen molar-refractivity contribution in [2.24, 2.45) is 0 Å². The van der Waals surface area contributed by atoms with Crippen LogP contribution >= 0.6 is 22.6 Å². The maximum atomic E-state index is 13.6. The SMILES string of the molecule is Nc1nccc(C(=O)Nc2ccccc2I)c1F. The lowest BCUT2D eigenvalue weighted by Crippen LogP contribution is -2.15. The molecule has 1 heterocycles. The Kier molecular flexibility index (Phi) is 3.75. The van der Waals surface area contributed by atoms with Gasteiger partial charge in [0, 0.05) is 9.77 Å². The zero-order chi connectivity index (χ0) is 13.1. The number of amides is 1. The molecule has 18 heavy (non-hydrogen) atoms. The molecule has 0 radical (unpaired) electrons. The predicted octanol–water partition coefficient (Wildman–Crippen LogP) is 2.66. The number of rotatable bonds is 2. The summed E-state index contributed by atoms with van der Waals surface area (Å²) in [7, 11) is 0. The Morgan fingerprint density at radius 3 is 2.78 bits per heavy atom. The first-order valence-electron chi connectivity index (χ1n) is 5.05. The number of carbonyl (C=O) groups is 1. The Labute approximate surface area is 117 Å². The van der Waals surface area contributed by atoms with Crippen LogP contribution in [0.15, 0.2) is 36.5 Å². The standard InChI is InChI=1S/C12H9FIN3O/c13-10-7(5-6-16-11(10)15)12(18)17-9-4-2-1-3-8(9)14/h1-6H,(H2,15,16)(H,17,18). The molecule has 1 aromatic carbocycles. The summed E-state index contributed by atoms with van der Waals surface area (Å²) in [6, 6.07) is 8.50.